The number of allylic oxidation sites excluding steroid dienone is 1. The highest BCUT2D eigenvalue weighted by molar-refractivity contribution is 9.10. The van der Waals surface area contributed by atoms with E-state index < -0.39 is 0 Å². The van der Waals surface area contributed by atoms with E-state index in [1.807, 2.05) is 4.90 Å². The Hall–Kier alpha value is -1.89. The number of nitrogens with zero attached hydrogens (tertiary/aromatic N) is 1. The molecule has 7 heteroatoms. The first kappa shape index (κ1) is 21.4. The number of hydrogen-bond donors (Lipinski definition) is 0. The van der Waals surface area contributed by atoms with Crippen LogP contribution in [0.2, 0.25) is 0 Å². The second kappa shape index (κ2) is 11.1. The van der Waals surface area contributed by atoms with Crippen molar-refractivity contribution in [3.8, 4) is 0 Å². The molecule has 0 N–H and O–H groups in total. The molecular weight excluding hydrogens is 414 g/mol. The van der Waals surface area contributed by atoms with Crippen molar-refractivity contribution >= 4 is 33.6 Å². The molecule has 2 rings (SSSR count). The minimum atomic E-state index is -0.209. The summed E-state index contributed by atoms with van der Waals surface area (Å²) in [5.74, 6) is 0.0459. The zero-order valence-corrected chi connectivity index (χ0v) is 17.2. The first-order chi connectivity index (χ1) is 13.0. The number of esters is 1. The van der Waals surface area contributed by atoms with Crippen molar-refractivity contribution in [3.05, 3.63) is 34.7 Å². The van der Waals surface area contributed by atoms with Crippen LogP contribution in [0.15, 0.2) is 33.4 Å². The van der Waals surface area contributed by atoms with Gasteiger partial charge < -0.3 is 14.1 Å². The molecule has 6 nitrogen and oxygen atoms in total. The van der Waals surface area contributed by atoms with Gasteiger partial charge in [0.2, 0.25) is 11.7 Å². The number of amides is 1. The molecule has 1 saturated heterocycles. The van der Waals surface area contributed by atoms with Crippen LogP contribution in [0.25, 0.3) is 0 Å². The molecule has 1 fully saturated rings. The third-order valence-corrected chi connectivity index (χ3v) is 4.92. The molecule has 0 aromatic carbocycles. The summed E-state index contributed by atoms with van der Waals surface area (Å²) in [5.41, 5.74) is 0. The lowest BCUT2D eigenvalue weighted by molar-refractivity contribution is -0.143. The highest BCUT2D eigenvalue weighted by atomic mass is 79.9. The third kappa shape index (κ3) is 6.97. The van der Waals surface area contributed by atoms with Crippen LogP contribution in [0, 0.1) is 0 Å². The molecular formula is C20H26BrNO5. The van der Waals surface area contributed by atoms with Crippen molar-refractivity contribution in [2.24, 2.45) is 0 Å². The fourth-order valence-electron chi connectivity index (χ4n) is 3.11. The zero-order valence-electron chi connectivity index (χ0n) is 15.6. The van der Waals surface area contributed by atoms with Gasteiger partial charge in [0.1, 0.15) is 0 Å². The van der Waals surface area contributed by atoms with E-state index in [-0.39, 0.29) is 29.5 Å². The molecule has 1 aliphatic rings. The highest BCUT2D eigenvalue weighted by Crippen LogP contribution is 2.21. The molecule has 0 saturated carbocycles. The molecule has 0 aliphatic carbocycles. The van der Waals surface area contributed by atoms with Crippen LogP contribution in [0.4, 0.5) is 0 Å². The quantitative estimate of drug-likeness (QED) is 0.222. The molecule has 0 radical (unpaired) electrons. The van der Waals surface area contributed by atoms with Crippen molar-refractivity contribution in [2.45, 2.75) is 57.9 Å². The van der Waals surface area contributed by atoms with Crippen LogP contribution in [0.1, 0.15) is 62.4 Å². The van der Waals surface area contributed by atoms with Gasteiger partial charge in [0.15, 0.2) is 10.4 Å². The summed E-state index contributed by atoms with van der Waals surface area (Å²) < 4.78 is 10.7. The van der Waals surface area contributed by atoms with Crippen LogP contribution in [0.5, 0.6) is 0 Å². The van der Waals surface area contributed by atoms with E-state index in [4.69, 9.17) is 9.15 Å². The van der Waals surface area contributed by atoms with E-state index >= 15 is 0 Å². The van der Waals surface area contributed by atoms with Gasteiger partial charge in [0.05, 0.1) is 12.6 Å². The Kier molecular flexibility index (Phi) is 8.78. The lowest BCUT2D eigenvalue weighted by Gasteiger charge is -2.22. The number of rotatable bonds is 11. The second-order valence-corrected chi connectivity index (χ2v) is 7.27. The lowest BCUT2D eigenvalue weighted by Crippen LogP contribution is -2.32. The monoisotopic (exact) mass is 439 g/mol. The summed E-state index contributed by atoms with van der Waals surface area (Å²) in [6.45, 7) is 2.90. The Morgan fingerprint density at radius 3 is 2.78 bits per heavy atom. The predicted octanol–water partition coefficient (Wildman–Crippen LogP) is 4.29. The van der Waals surface area contributed by atoms with Gasteiger partial charge in [-0.1, -0.05) is 18.9 Å². The Morgan fingerprint density at radius 2 is 2.07 bits per heavy atom. The molecule has 1 amide bonds. The van der Waals surface area contributed by atoms with Gasteiger partial charge in [-0.05, 0) is 60.3 Å². The minimum absolute atomic E-state index is 0.0422. The van der Waals surface area contributed by atoms with Crippen LogP contribution < -0.4 is 0 Å². The first-order valence-electron chi connectivity index (χ1n) is 9.44. The maximum atomic E-state index is 12.1. The summed E-state index contributed by atoms with van der Waals surface area (Å²) in [6.07, 6.45) is 8.57. The molecule has 1 atom stereocenters. The SMILES string of the molecule is CCOC(=O)CCCCCCN1C(=O)CC[C@@H]1/C=C/C(=O)c1ccc(Br)o1. The average Bonchev–Trinajstić information content (AvgIpc) is 3.22. The van der Waals surface area contributed by atoms with Crippen molar-refractivity contribution < 1.29 is 23.5 Å². The summed E-state index contributed by atoms with van der Waals surface area (Å²) in [4.78, 5) is 37.3. The number of unbranched alkanes of at least 4 members (excludes halogenated alkanes) is 3. The Morgan fingerprint density at radius 1 is 1.30 bits per heavy atom. The van der Waals surface area contributed by atoms with Gasteiger partial charge in [0.25, 0.3) is 0 Å². The maximum Gasteiger partial charge on any atom is 0.305 e. The van der Waals surface area contributed by atoms with E-state index in [9.17, 15) is 14.4 Å². The topological polar surface area (TPSA) is 76.8 Å². The van der Waals surface area contributed by atoms with Gasteiger partial charge in [-0.25, -0.2) is 0 Å². The number of likely N-dealkylation sites (tertiary alicyclic amines) is 1. The normalized spacial score (nSPS) is 17.0. The molecule has 2 heterocycles. The molecule has 0 unspecified atom stereocenters. The average molecular weight is 440 g/mol. The standard InChI is InChI=1S/C20H26BrNO5/c1-2-26-20(25)7-5-3-4-6-14-22-15(9-13-19(22)24)8-10-16(23)17-11-12-18(21)27-17/h8,10-12,15H,2-7,9,13-14H2,1H3/b10-8+/t15-/m0/s1. The van der Waals surface area contributed by atoms with Crippen molar-refractivity contribution in [3.63, 3.8) is 0 Å². The minimum Gasteiger partial charge on any atom is -0.466 e. The molecule has 27 heavy (non-hydrogen) atoms. The van der Waals surface area contributed by atoms with Gasteiger partial charge in [-0.3, -0.25) is 14.4 Å². The van der Waals surface area contributed by atoms with E-state index in [0.717, 1.165) is 32.1 Å². The van der Waals surface area contributed by atoms with Crippen LogP contribution in [-0.4, -0.2) is 41.8 Å². The highest BCUT2D eigenvalue weighted by Gasteiger charge is 2.28. The van der Waals surface area contributed by atoms with Gasteiger partial charge in [-0.2, -0.15) is 0 Å². The second-order valence-electron chi connectivity index (χ2n) is 6.49. The largest absolute Gasteiger partial charge is 0.466 e. The van der Waals surface area contributed by atoms with E-state index in [1.165, 1.54) is 6.08 Å². The number of carbonyl (C=O) groups excluding carboxylic acids is 3. The van der Waals surface area contributed by atoms with Crippen molar-refractivity contribution in [1.29, 1.82) is 0 Å². The Labute approximate surface area is 168 Å². The predicted molar refractivity (Wildman–Crippen MR) is 104 cm³/mol. The number of ketones is 1. The summed E-state index contributed by atoms with van der Waals surface area (Å²) in [5, 5.41) is 0. The number of hydrogen-bond acceptors (Lipinski definition) is 5. The fourth-order valence-corrected chi connectivity index (χ4v) is 3.42. The van der Waals surface area contributed by atoms with E-state index in [0.29, 0.717) is 30.7 Å². The smallest absolute Gasteiger partial charge is 0.305 e. The Bertz CT molecular complexity index is 682. The number of ether oxygens (including phenoxy) is 1. The lowest BCUT2D eigenvalue weighted by atomic mass is 10.1. The first-order valence-corrected chi connectivity index (χ1v) is 10.2. The van der Waals surface area contributed by atoms with Gasteiger partial charge >= 0.3 is 5.97 Å². The summed E-state index contributed by atoms with van der Waals surface area (Å²) in [7, 11) is 0. The molecule has 1 aromatic rings. The van der Waals surface area contributed by atoms with Crippen molar-refractivity contribution in [2.75, 3.05) is 13.2 Å². The maximum absolute atomic E-state index is 12.1. The Balaban J connectivity index is 1.73. The number of carbonyl (C=O) groups is 3. The van der Waals surface area contributed by atoms with Crippen LogP contribution >= 0.6 is 15.9 Å². The fraction of sp³-hybridized carbons (Fsp3) is 0.550. The molecule has 1 aromatic heterocycles. The summed E-state index contributed by atoms with van der Waals surface area (Å²) >= 11 is 3.18. The zero-order chi connectivity index (χ0) is 19.6. The van der Waals surface area contributed by atoms with Crippen molar-refractivity contribution in [1.82, 2.24) is 4.90 Å². The number of furan rings is 1. The molecule has 0 bridgehead atoms. The van der Waals surface area contributed by atoms with Crippen LogP contribution in [-0.2, 0) is 14.3 Å². The molecule has 0 spiro atoms. The van der Waals surface area contributed by atoms with E-state index in [1.54, 1.807) is 25.1 Å². The van der Waals surface area contributed by atoms with Crippen LogP contribution in [0.3, 0.4) is 0 Å². The summed E-state index contributed by atoms with van der Waals surface area (Å²) in [6, 6.07) is 3.25. The van der Waals surface area contributed by atoms with Gasteiger partial charge in [0, 0.05) is 19.4 Å². The third-order valence-electron chi connectivity index (χ3n) is 4.50. The van der Waals surface area contributed by atoms with E-state index in [2.05, 4.69) is 15.9 Å². The molecule has 1 aliphatic heterocycles. The van der Waals surface area contributed by atoms with Gasteiger partial charge in [-0.15, -0.1) is 0 Å². The number of halogens is 1. The molecule has 148 valence electrons.